The number of phenols is 1. The van der Waals surface area contributed by atoms with Gasteiger partial charge in [0.05, 0.1) is 12.5 Å². The first-order chi connectivity index (χ1) is 6.15. The first-order valence-electron chi connectivity index (χ1n) is 3.76. The average molecular weight is 278 g/mol. The van der Waals surface area contributed by atoms with Gasteiger partial charge in [0.1, 0.15) is 5.75 Å². The highest BCUT2D eigenvalue weighted by molar-refractivity contribution is 9.10. The van der Waals surface area contributed by atoms with Gasteiger partial charge in [0.15, 0.2) is 0 Å². The van der Waals surface area contributed by atoms with Gasteiger partial charge < -0.3 is 10.8 Å². The van der Waals surface area contributed by atoms with E-state index in [1.807, 2.05) is 6.07 Å². The Labute approximate surface area is 97.1 Å². The van der Waals surface area contributed by atoms with Gasteiger partial charge in [0, 0.05) is 16.1 Å². The quantitative estimate of drug-likeness (QED) is 0.872. The van der Waals surface area contributed by atoms with E-state index in [0.717, 1.165) is 4.47 Å². The van der Waals surface area contributed by atoms with Crippen LogP contribution in [0.25, 0.3) is 0 Å². The van der Waals surface area contributed by atoms with Gasteiger partial charge >= 0.3 is 0 Å². The monoisotopic (exact) mass is 276 g/mol. The Kier molecular flexibility index (Phi) is 5.55. The largest absolute Gasteiger partial charge is 0.508 e. The number of benzene rings is 1. The van der Waals surface area contributed by atoms with Crippen LogP contribution in [0.2, 0.25) is 0 Å². The van der Waals surface area contributed by atoms with E-state index in [1.165, 1.54) is 0 Å². The van der Waals surface area contributed by atoms with Crippen LogP contribution in [0.15, 0.2) is 22.7 Å². The van der Waals surface area contributed by atoms with Crippen LogP contribution in [-0.4, -0.2) is 5.11 Å². The molecule has 0 saturated heterocycles. The van der Waals surface area contributed by atoms with Crippen molar-refractivity contribution in [3.63, 3.8) is 0 Å². The highest BCUT2D eigenvalue weighted by atomic mass is 79.9. The summed E-state index contributed by atoms with van der Waals surface area (Å²) in [6, 6.07) is 6.52. The Morgan fingerprint density at radius 3 is 2.79 bits per heavy atom. The highest BCUT2D eigenvalue weighted by Crippen LogP contribution is 2.27. The first kappa shape index (κ1) is 13.2. The van der Waals surface area contributed by atoms with Crippen LogP contribution in [0.5, 0.6) is 5.75 Å². The van der Waals surface area contributed by atoms with E-state index >= 15 is 0 Å². The van der Waals surface area contributed by atoms with E-state index in [-0.39, 0.29) is 24.6 Å². The van der Waals surface area contributed by atoms with Crippen LogP contribution in [0.3, 0.4) is 0 Å². The predicted octanol–water partition coefficient (Wildman–Crippen LogP) is 2.49. The van der Waals surface area contributed by atoms with Gasteiger partial charge in [-0.3, -0.25) is 0 Å². The van der Waals surface area contributed by atoms with E-state index in [1.54, 1.807) is 18.2 Å². The van der Waals surface area contributed by atoms with Crippen molar-refractivity contribution in [2.45, 2.75) is 12.5 Å². The summed E-state index contributed by atoms with van der Waals surface area (Å²) in [5, 5.41) is 17.9. The molecule has 76 valence electrons. The topological polar surface area (TPSA) is 70.0 Å². The first-order valence-corrected chi connectivity index (χ1v) is 4.55. The zero-order valence-electron chi connectivity index (χ0n) is 7.27. The maximum Gasteiger partial charge on any atom is 0.120 e. The molecule has 0 aliphatic carbocycles. The van der Waals surface area contributed by atoms with Gasteiger partial charge in [-0.15, -0.1) is 12.4 Å². The molecule has 0 aromatic heterocycles. The molecular formula is C9H10BrClN2O. The maximum absolute atomic E-state index is 9.42. The number of nitrogens with two attached hydrogens (primary N) is 1. The van der Waals surface area contributed by atoms with Gasteiger partial charge in [-0.1, -0.05) is 15.9 Å². The zero-order valence-corrected chi connectivity index (χ0v) is 9.68. The van der Waals surface area contributed by atoms with Crippen LogP contribution < -0.4 is 5.73 Å². The summed E-state index contributed by atoms with van der Waals surface area (Å²) in [4.78, 5) is 0. The van der Waals surface area contributed by atoms with Crippen molar-refractivity contribution in [3.05, 3.63) is 28.2 Å². The molecule has 3 N–H and O–H groups in total. The third-order valence-electron chi connectivity index (χ3n) is 1.70. The molecule has 0 fully saturated rings. The fourth-order valence-electron chi connectivity index (χ4n) is 1.03. The summed E-state index contributed by atoms with van der Waals surface area (Å²) >= 11 is 3.27. The summed E-state index contributed by atoms with van der Waals surface area (Å²) in [6.07, 6.45) is 0.198. The molecule has 3 nitrogen and oxygen atoms in total. The van der Waals surface area contributed by atoms with Gasteiger partial charge in [0.2, 0.25) is 0 Å². The Morgan fingerprint density at radius 2 is 2.21 bits per heavy atom. The molecule has 14 heavy (non-hydrogen) atoms. The molecule has 0 spiro atoms. The van der Waals surface area contributed by atoms with Crippen LogP contribution in [0, 0.1) is 11.3 Å². The minimum Gasteiger partial charge on any atom is -0.508 e. The molecule has 0 bridgehead atoms. The van der Waals surface area contributed by atoms with E-state index in [9.17, 15) is 5.11 Å². The highest BCUT2D eigenvalue weighted by Gasteiger charge is 2.10. The average Bonchev–Trinajstić information content (AvgIpc) is 2.09. The van der Waals surface area contributed by atoms with Crippen molar-refractivity contribution >= 4 is 28.3 Å². The summed E-state index contributed by atoms with van der Waals surface area (Å²) in [7, 11) is 0. The molecule has 5 heteroatoms. The lowest BCUT2D eigenvalue weighted by Gasteiger charge is -2.09. The number of hydrogen-bond acceptors (Lipinski definition) is 3. The molecule has 0 aliphatic rings. The Bertz CT molecular complexity index is 351. The molecule has 1 rings (SSSR count). The number of nitriles is 1. The second-order valence-electron chi connectivity index (χ2n) is 2.67. The molecule has 0 aliphatic heterocycles. The number of aromatic hydroxyl groups is 1. The van der Waals surface area contributed by atoms with Gasteiger partial charge in [-0.05, 0) is 18.2 Å². The standard InChI is InChI=1S/C9H9BrN2O.ClH/c10-6-1-2-9(13)7(5-6)8(12)3-4-11;/h1-2,5,8,13H,3,12H2;1H/t8-;/m1./s1. The van der Waals surface area contributed by atoms with Crippen molar-refractivity contribution in [2.24, 2.45) is 5.73 Å². The fourth-order valence-corrected chi connectivity index (χ4v) is 1.41. The van der Waals surface area contributed by atoms with Gasteiger partial charge in [-0.25, -0.2) is 0 Å². The summed E-state index contributed by atoms with van der Waals surface area (Å²) in [5.41, 5.74) is 6.27. The third kappa shape index (κ3) is 3.18. The molecule has 1 aromatic carbocycles. The number of halogens is 2. The molecule has 0 heterocycles. The Balaban J connectivity index is 0.00000169. The van der Waals surface area contributed by atoms with Gasteiger partial charge in [-0.2, -0.15) is 5.26 Å². The van der Waals surface area contributed by atoms with E-state index in [2.05, 4.69) is 15.9 Å². The third-order valence-corrected chi connectivity index (χ3v) is 2.19. The van der Waals surface area contributed by atoms with Crippen molar-refractivity contribution in [2.75, 3.05) is 0 Å². The van der Waals surface area contributed by atoms with Crippen LogP contribution in [0.4, 0.5) is 0 Å². The smallest absolute Gasteiger partial charge is 0.120 e. The minimum atomic E-state index is -0.428. The molecule has 0 amide bonds. The summed E-state index contributed by atoms with van der Waals surface area (Å²) in [6.45, 7) is 0. The van der Waals surface area contributed by atoms with Crippen LogP contribution in [0.1, 0.15) is 18.0 Å². The minimum absolute atomic E-state index is 0. The molecular weight excluding hydrogens is 267 g/mol. The second-order valence-corrected chi connectivity index (χ2v) is 3.59. The number of phenolic OH excluding ortho intramolecular Hbond substituents is 1. The van der Waals surface area contributed by atoms with E-state index in [4.69, 9.17) is 11.0 Å². The van der Waals surface area contributed by atoms with Crippen molar-refractivity contribution < 1.29 is 5.11 Å². The fraction of sp³-hybridized carbons (Fsp3) is 0.222. The molecule has 1 aromatic rings. The lowest BCUT2D eigenvalue weighted by atomic mass is 10.0. The van der Waals surface area contributed by atoms with Gasteiger partial charge in [0.25, 0.3) is 0 Å². The molecule has 0 radical (unpaired) electrons. The van der Waals surface area contributed by atoms with Crippen LogP contribution >= 0.6 is 28.3 Å². The Hall–Kier alpha value is -0.760. The second kappa shape index (κ2) is 5.86. The predicted molar refractivity (Wildman–Crippen MR) is 60.2 cm³/mol. The van der Waals surface area contributed by atoms with Crippen molar-refractivity contribution in [1.82, 2.24) is 0 Å². The molecule has 0 unspecified atom stereocenters. The Morgan fingerprint density at radius 1 is 1.57 bits per heavy atom. The van der Waals surface area contributed by atoms with E-state index < -0.39 is 6.04 Å². The summed E-state index contributed by atoms with van der Waals surface area (Å²) in [5.74, 6) is 0.131. The number of nitrogens with zero attached hydrogens (tertiary/aromatic N) is 1. The SMILES string of the molecule is Cl.N#CC[C@@H](N)c1cc(Br)ccc1O. The normalized spacial score (nSPS) is 11.2. The summed E-state index contributed by atoms with van der Waals surface area (Å²) < 4.78 is 0.841. The zero-order chi connectivity index (χ0) is 9.84. The maximum atomic E-state index is 9.42. The van der Waals surface area contributed by atoms with E-state index in [0.29, 0.717) is 5.56 Å². The lowest BCUT2D eigenvalue weighted by molar-refractivity contribution is 0.462. The van der Waals surface area contributed by atoms with Crippen molar-refractivity contribution in [3.8, 4) is 11.8 Å². The molecule has 0 saturated carbocycles. The lowest BCUT2D eigenvalue weighted by Crippen LogP contribution is -2.09. The molecule has 1 atom stereocenters. The number of rotatable bonds is 2. The van der Waals surface area contributed by atoms with Crippen molar-refractivity contribution in [1.29, 1.82) is 5.26 Å². The number of hydrogen-bond donors (Lipinski definition) is 2. The van der Waals surface area contributed by atoms with Crippen LogP contribution in [-0.2, 0) is 0 Å².